The lowest BCUT2D eigenvalue weighted by Crippen LogP contribution is -2.16. The molecule has 88 valence electrons. The number of hydrogen-bond donors (Lipinski definition) is 1. The number of allylic oxidation sites excluding steroid dienone is 2. The third kappa shape index (κ3) is 2.85. The van der Waals surface area contributed by atoms with E-state index in [2.05, 4.69) is 17.5 Å². The summed E-state index contributed by atoms with van der Waals surface area (Å²) in [4.78, 5) is 0. The Morgan fingerprint density at radius 2 is 2.29 bits per heavy atom. The van der Waals surface area contributed by atoms with Gasteiger partial charge in [0.15, 0.2) is 0 Å². The van der Waals surface area contributed by atoms with E-state index in [9.17, 15) is 4.39 Å². The van der Waals surface area contributed by atoms with Gasteiger partial charge in [-0.2, -0.15) is 5.26 Å². The van der Waals surface area contributed by atoms with Gasteiger partial charge in [-0.1, -0.05) is 18.2 Å². The van der Waals surface area contributed by atoms with E-state index in [-0.39, 0.29) is 5.56 Å². The summed E-state index contributed by atoms with van der Waals surface area (Å²) in [6.45, 7) is 0.794. The standard InChI is InChI=1S/C14H15FN2/c15-13-7-4-8-14(12(13)9-16)17-10-11-5-2-1-3-6-11/h1-2,4,7-8,11,17H,3,5-6,10H2. The SMILES string of the molecule is N#Cc1c(F)cccc1NCC1CC=CCC1. The maximum absolute atomic E-state index is 13.3. The lowest BCUT2D eigenvalue weighted by molar-refractivity contribution is 0.504. The van der Waals surface area contributed by atoms with Crippen molar-refractivity contribution in [2.45, 2.75) is 19.3 Å². The van der Waals surface area contributed by atoms with Crippen molar-refractivity contribution in [3.63, 3.8) is 0 Å². The van der Waals surface area contributed by atoms with Gasteiger partial charge in [0, 0.05) is 6.54 Å². The molecule has 3 heteroatoms. The molecule has 1 N–H and O–H groups in total. The van der Waals surface area contributed by atoms with Gasteiger partial charge in [-0.15, -0.1) is 0 Å². The molecule has 0 saturated carbocycles. The molecule has 1 aromatic carbocycles. The van der Waals surface area contributed by atoms with E-state index in [0.29, 0.717) is 11.6 Å². The van der Waals surface area contributed by atoms with Crippen LogP contribution in [0.25, 0.3) is 0 Å². The number of nitrogens with one attached hydrogen (secondary N) is 1. The first-order valence-electron chi connectivity index (χ1n) is 5.88. The van der Waals surface area contributed by atoms with E-state index in [1.807, 2.05) is 6.07 Å². The summed E-state index contributed by atoms with van der Waals surface area (Å²) < 4.78 is 13.3. The number of anilines is 1. The highest BCUT2D eigenvalue weighted by atomic mass is 19.1. The van der Waals surface area contributed by atoms with Crippen molar-refractivity contribution >= 4 is 5.69 Å². The van der Waals surface area contributed by atoms with E-state index in [0.717, 1.165) is 25.8 Å². The minimum Gasteiger partial charge on any atom is -0.384 e. The van der Waals surface area contributed by atoms with Gasteiger partial charge >= 0.3 is 0 Å². The summed E-state index contributed by atoms with van der Waals surface area (Å²) in [5.74, 6) is 0.121. The molecule has 0 radical (unpaired) electrons. The monoisotopic (exact) mass is 230 g/mol. The van der Waals surface area contributed by atoms with Gasteiger partial charge in [-0.05, 0) is 37.3 Å². The minimum atomic E-state index is -0.457. The molecule has 1 aromatic rings. The van der Waals surface area contributed by atoms with Crippen LogP contribution in [-0.2, 0) is 0 Å². The smallest absolute Gasteiger partial charge is 0.143 e. The molecule has 0 heterocycles. The van der Waals surface area contributed by atoms with E-state index in [1.165, 1.54) is 6.07 Å². The second-order valence-electron chi connectivity index (χ2n) is 4.31. The highest BCUT2D eigenvalue weighted by Gasteiger charge is 2.12. The van der Waals surface area contributed by atoms with Crippen molar-refractivity contribution in [2.24, 2.45) is 5.92 Å². The number of hydrogen-bond acceptors (Lipinski definition) is 2. The Morgan fingerprint density at radius 3 is 3.00 bits per heavy atom. The van der Waals surface area contributed by atoms with Crippen LogP contribution >= 0.6 is 0 Å². The summed E-state index contributed by atoms with van der Waals surface area (Å²) in [5.41, 5.74) is 0.709. The molecular weight excluding hydrogens is 215 g/mol. The van der Waals surface area contributed by atoms with Gasteiger partial charge in [-0.3, -0.25) is 0 Å². The average Bonchev–Trinajstić information content (AvgIpc) is 2.37. The lowest BCUT2D eigenvalue weighted by atomic mass is 9.94. The number of nitrogens with zero attached hydrogens (tertiary/aromatic N) is 1. The lowest BCUT2D eigenvalue weighted by Gasteiger charge is -2.19. The number of rotatable bonds is 3. The fraction of sp³-hybridized carbons (Fsp3) is 0.357. The Balaban J connectivity index is 2.01. The summed E-state index contributed by atoms with van der Waals surface area (Å²) >= 11 is 0. The Labute approximate surface area is 101 Å². The average molecular weight is 230 g/mol. The largest absolute Gasteiger partial charge is 0.384 e. The van der Waals surface area contributed by atoms with Crippen molar-refractivity contribution in [3.8, 4) is 6.07 Å². The summed E-state index contributed by atoms with van der Waals surface area (Å²) in [6.07, 6.45) is 7.71. The van der Waals surface area contributed by atoms with E-state index >= 15 is 0 Å². The second kappa shape index (κ2) is 5.49. The van der Waals surface area contributed by atoms with Crippen molar-refractivity contribution < 1.29 is 4.39 Å². The predicted molar refractivity (Wildman–Crippen MR) is 66.1 cm³/mol. The summed E-state index contributed by atoms with van der Waals surface area (Å²) in [5, 5.41) is 12.1. The molecule has 1 aliphatic rings. The quantitative estimate of drug-likeness (QED) is 0.807. The maximum Gasteiger partial charge on any atom is 0.143 e. The molecule has 2 rings (SSSR count). The molecule has 1 atom stereocenters. The first-order chi connectivity index (χ1) is 8.31. The predicted octanol–water partition coefficient (Wildman–Crippen LogP) is 3.47. The Morgan fingerprint density at radius 1 is 1.41 bits per heavy atom. The third-order valence-corrected chi connectivity index (χ3v) is 3.08. The fourth-order valence-corrected chi connectivity index (χ4v) is 2.08. The van der Waals surface area contributed by atoms with Crippen molar-refractivity contribution in [2.75, 3.05) is 11.9 Å². The third-order valence-electron chi connectivity index (χ3n) is 3.08. The number of benzene rings is 1. The first-order valence-corrected chi connectivity index (χ1v) is 5.88. The molecular formula is C14H15FN2. The molecule has 1 unspecified atom stereocenters. The van der Waals surface area contributed by atoms with Gasteiger partial charge in [0.2, 0.25) is 0 Å². The minimum absolute atomic E-state index is 0.110. The van der Waals surface area contributed by atoms with Crippen LogP contribution in [0.4, 0.5) is 10.1 Å². The van der Waals surface area contributed by atoms with Crippen molar-refractivity contribution in [1.29, 1.82) is 5.26 Å². The van der Waals surface area contributed by atoms with Crippen LogP contribution in [0.2, 0.25) is 0 Å². The van der Waals surface area contributed by atoms with Crippen molar-refractivity contribution in [1.82, 2.24) is 0 Å². The zero-order valence-electron chi connectivity index (χ0n) is 9.62. The van der Waals surface area contributed by atoms with Gasteiger partial charge in [0.1, 0.15) is 17.4 Å². The highest BCUT2D eigenvalue weighted by Crippen LogP contribution is 2.21. The summed E-state index contributed by atoms with van der Waals surface area (Å²) in [7, 11) is 0. The van der Waals surface area contributed by atoms with Crippen LogP contribution in [0, 0.1) is 23.1 Å². The molecule has 0 fully saturated rings. The molecule has 0 amide bonds. The molecule has 0 aliphatic heterocycles. The van der Waals surface area contributed by atoms with Gasteiger partial charge in [0.25, 0.3) is 0 Å². The van der Waals surface area contributed by atoms with Crippen LogP contribution in [0.5, 0.6) is 0 Å². The Bertz CT molecular complexity index is 460. The molecule has 0 saturated heterocycles. The van der Waals surface area contributed by atoms with E-state index < -0.39 is 5.82 Å². The molecule has 17 heavy (non-hydrogen) atoms. The van der Waals surface area contributed by atoms with Gasteiger partial charge in [0.05, 0.1) is 5.69 Å². The Hall–Kier alpha value is -1.82. The van der Waals surface area contributed by atoms with E-state index in [1.54, 1.807) is 12.1 Å². The maximum atomic E-state index is 13.3. The molecule has 0 bridgehead atoms. The van der Waals surface area contributed by atoms with Crippen molar-refractivity contribution in [3.05, 3.63) is 41.7 Å². The number of halogens is 1. The number of nitriles is 1. The fourth-order valence-electron chi connectivity index (χ4n) is 2.08. The molecule has 1 aliphatic carbocycles. The Kier molecular flexibility index (Phi) is 3.77. The van der Waals surface area contributed by atoms with Gasteiger partial charge in [-0.25, -0.2) is 4.39 Å². The normalized spacial score (nSPS) is 18.7. The zero-order chi connectivity index (χ0) is 12.1. The van der Waals surface area contributed by atoms with Crippen LogP contribution in [0.1, 0.15) is 24.8 Å². The van der Waals surface area contributed by atoms with Crippen LogP contribution in [-0.4, -0.2) is 6.54 Å². The summed E-state index contributed by atoms with van der Waals surface area (Å²) in [6, 6.07) is 6.59. The van der Waals surface area contributed by atoms with E-state index in [4.69, 9.17) is 5.26 Å². The highest BCUT2D eigenvalue weighted by molar-refractivity contribution is 5.57. The first kappa shape index (κ1) is 11.7. The zero-order valence-corrected chi connectivity index (χ0v) is 9.62. The molecule has 0 aromatic heterocycles. The second-order valence-corrected chi connectivity index (χ2v) is 4.31. The molecule has 0 spiro atoms. The topological polar surface area (TPSA) is 35.8 Å². The van der Waals surface area contributed by atoms with Gasteiger partial charge < -0.3 is 5.32 Å². The van der Waals surface area contributed by atoms with Crippen LogP contribution in [0.3, 0.4) is 0 Å². The van der Waals surface area contributed by atoms with Crippen LogP contribution in [0.15, 0.2) is 30.4 Å². The molecule has 2 nitrogen and oxygen atoms in total. The van der Waals surface area contributed by atoms with Crippen LogP contribution < -0.4 is 5.32 Å².